The summed E-state index contributed by atoms with van der Waals surface area (Å²) in [7, 11) is 1.71. The van der Waals surface area contributed by atoms with Gasteiger partial charge < -0.3 is 9.47 Å². The van der Waals surface area contributed by atoms with E-state index in [1.165, 1.54) is 7.11 Å². The largest absolute Gasteiger partial charge is 0.493 e. The molecule has 0 saturated carbocycles. The van der Waals surface area contributed by atoms with Gasteiger partial charge in [0.2, 0.25) is 0 Å². The minimum atomic E-state index is -1.35. The third-order valence-electron chi connectivity index (χ3n) is 2.55. The molecule has 0 unspecified atom stereocenters. The number of carbonyl (C=O) groups excluding carboxylic acids is 1. The highest BCUT2D eigenvalue weighted by atomic mass is 35.5. The second-order valence-electron chi connectivity index (χ2n) is 5.35. The van der Waals surface area contributed by atoms with E-state index in [1.807, 2.05) is 12.1 Å². The maximum atomic E-state index is 11.6. The van der Waals surface area contributed by atoms with Crippen LogP contribution in [0.4, 0.5) is 0 Å². The predicted molar refractivity (Wildman–Crippen MR) is 76.8 cm³/mol. The van der Waals surface area contributed by atoms with E-state index in [0.717, 1.165) is 11.6 Å². The summed E-state index contributed by atoms with van der Waals surface area (Å²) < 4.78 is 10.5. The van der Waals surface area contributed by atoms with Gasteiger partial charge in [-0.1, -0.05) is 25.7 Å². The van der Waals surface area contributed by atoms with Crippen molar-refractivity contribution in [2.45, 2.75) is 25.7 Å². The molecule has 0 fully saturated rings. The van der Waals surface area contributed by atoms with E-state index < -0.39 is 13.3 Å². The van der Waals surface area contributed by atoms with Crippen LogP contribution in [0.2, 0.25) is 19.6 Å². The van der Waals surface area contributed by atoms with Gasteiger partial charge in [-0.3, -0.25) is 4.79 Å². The monoisotopic (exact) mass is 286 g/mol. The van der Waals surface area contributed by atoms with Crippen molar-refractivity contribution in [2.75, 3.05) is 14.2 Å². The third kappa shape index (κ3) is 3.49. The smallest absolute Gasteiger partial charge is 0.256 e. The number of methoxy groups -OCH3 is 2. The molecule has 0 bridgehead atoms. The van der Waals surface area contributed by atoms with Crippen molar-refractivity contribution < 1.29 is 14.3 Å². The van der Waals surface area contributed by atoms with Crippen molar-refractivity contribution in [3.8, 4) is 11.5 Å². The highest BCUT2D eigenvalue weighted by Crippen LogP contribution is 2.35. The topological polar surface area (TPSA) is 35.5 Å². The fourth-order valence-electron chi connectivity index (χ4n) is 1.90. The van der Waals surface area contributed by atoms with Crippen LogP contribution < -0.4 is 9.47 Å². The Hall–Kier alpha value is -1.00. The lowest BCUT2D eigenvalue weighted by atomic mass is 10.1. The van der Waals surface area contributed by atoms with Gasteiger partial charge in [0.25, 0.3) is 5.24 Å². The van der Waals surface area contributed by atoms with Crippen LogP contribution >= 0.6 is 11.6 Å². The SMILES string of the molecule is COc1ccc(C[Si](C)(C)C)c(C(=O)Cl)c1OC. The first-order valence-electron chi connectivity index (χ1n) is 5.74. The summed E-state index contributed by atoms with van der Waals surface area (Å²) in [4.78, 5) is 11.6. The molecule has 0 spiro atoms. The van der Waals surface area contributed by atoms with E-state index in [-0.39, 0.29) is 0 Å². The third-order valence-corrected chi connectivity index (χ3v) is 4.18. The molecule has 0 aliphatic carbocycles. The average molecular weight is 287 g/mol. The Morgan fingerprint density at radius 1 is 1.22 bits per heavy atom. The maximum Gasteiger partial charge on any atom is 0.256 e. The van der Waals surface area contributed by atoms with Crippen LogP contribution in [0.5, 0.6) is 11.5 Å². The van der Waals surface area contributed by atoms with Crippen LogP contribution in [0.3, 0.4) is 0 Å². The lowest BCUT2D eigenvalue weighted by molar-refractivity contribution is 0.107. The Kier molecular flexibility index (Phi) is 4.82. The number of rotatable bonds is 5. The van der Waals surface area contributed by atoms with Gasteiger partial charge in [-0.15, -0.1) is 0 Å². The zero-order valence-corrected chi connectivity index (χ0v) is 13.2. The second kappa shape index (κ2) is 5.76. The van der Waals surface area contributed by atoms with Gasteiger partial charge in [-0.2, -0.15) is 0 Å². The molecule has 0 aliphatic rings. The van der Waals surface area contributed by atoms with Crippen molar-refractivity contribution in [3.63, 3.8) is 0 Å². The molecule has 18 heavy (non-hydrogen) atoms. The molecule has 5 heteroatoms. The number of ether oxygens (including phenoxy) is 2. The van der Waals surface area contributed by atoms with Crippen molar-refractivity contribution in [1.29, 1.82) is 0 Å². The second-order valence-corrected chi connectivity index (χ2v) is 11.2. The molecular formula is C13H19ClO3Si. The number of carbonyl (C=O) groups is 1. The molecule has 0 amide bonds. The zero-order chi connectivity index (χ0) is 13.9. The summed E-state index contributed by atoms with van der Waals surface area (Å²) in [6, 6.07) is 4.59. The van der Waals surface area contributed by atoms with Crippen molar-refractivity contribution in [2.24, 2.45) is 0 Å². The lowest BCUT2D eigenvalue weighted by Gasteiger charge is -2.20. The van der Waals surface area contributed by atoms with E-state index in [9.17, 15) is 4.79 Å². The van der Waals surface area contributed by atoms with E-state index in [1.54, 1.807) is 7.11 Å². The van der Waals surface area contributed by atoms with E-state index in [2.05, 4.69) is 19.6 Å². The fourth-order valence-corrected chi connectivity index (χ4v) is 3.55. The molecule has 1 aromatic rings. The molecule has 3 nitrogen and oxygen atoms in total. The molecule has 100 valence electrons. The van der Waals surface area contributed by atoms with E-state index in [4.69, 9.17) is 21.1 Å². The molecule has 0 heterocycles. The number of hydrogen-bond donors (Lipinski definition) is 0. The summed E-state index contributed by atoms with van der Waals surface area (Å²) in [5, 5.41) is -0.501. The summed E-state index contributed by atoms with van der Waals surface area (Å²) in [6.45, 7) is 6.73. The molecule has 0 atom stereocenters. The zero-order valence-electron chi connectivity index (χ0n) is 11.5. The van der Waals surface area contributed by atoms with Gasteiger partial charge in [0.15, 0.2) is 11.5 Å². The molecule has 0 saturated heterocycles. The first-order valence-corrected chi connectivity index (χ1v) is 9.82. The average Bonchev–Trinajstić information content (AvgIpc) is 2.25. The quantitative estimate of drug-likeness (QED) is 0.614. The summed E-state index contributed by atoms with van der Waals surface area (Å²) in [5.74, 6) is 0.953. The molecule has 0 N–H and O–H groups in total. The standard InChI is InChI=1S/C13H19ClO3Si/c1-16-10-7-6-9(8-18(3,4)5)11(13(14)15)12(10)17-2/h6-7H,8H2,1-5H3. The molecule has 0 radical (unpaired) electrons. The van der Waals surface area contributed by atoms with Gasteiger partial charge in [-0.25, -0.2) is 0 Å². The summed E-state index contributed by atoms with van der Waals surface area (Å²) in [5.41, 5.74) is 1.37. The van der Waals surface area contributed by atoms with Crippen LogP contribution in [0.15, 0.2) is 12.1 Å². The summed E-state index contributed by atoms with van der Waals surface area (Å²) >= 11 is 5.69. The van der Waals surface area contributed by atoms with Crippen LogP contribution in [-0.2, 0) is 6.04 Å². The Bertz CT molecular complexity index is 452. The van der Waals surface area contributed by atoms with Crippen molar-refractivity contribution in [1.82, 2.24) is 0 Å². The lowest BCUT2D eigenvalue weighted by Crippen LogP contribution is -2.25. The fraction of sp³-hybridized carbons (Fsp3) is 0.462. The first-order chi connectivity index (χ1) is 8.30. The predicted octanol–water partition coefficient (Wildman–Crippen LogP) is 3.50. The molecule has 1 rings (SSSR count). The Balaban J connectivity index is 3.39. The van der Waals surface area contributed by atoms with Crippen LogP contribution in [0, 0.1) is 0 Å². The van der Waals surface area contributed by atoms with Crippen LogP contribution in [-0.4, -0.2) is 27.5 Å². The van der Waals surface area contributed by atoms with Gasteiger partial charge >= 0.3 is 0 Å². The first kappa shape index (κ1) is 15.1. The van der Waals surface area contributed by atoms with E-state index in [0.29, 0.717) is 17.1 Å². The van der Waals surface area contributed by atoms with Crippen molar-refractivity contribution in [3.05, 3.63) is 23.3 Å². The van der Waals surface area contributed by atoms with Crippen molar-refractivity contribution >= 4 is 24.9 Å². The minimum absolute atomic E-state index is 0.424. The molecule has 0 aromatic heterocycles. The molecular weight excluding hydrogens is 268 g/mol. The Labute approximate surface area is 114 Å². The normalized spacial score (nSPS) is 11.2. The van der Waals surface area contributed by atoms with Crippen LogP contribution in [0.1, 0.15) is 15.9 Å². The maximum absolute atomic E-state index is 11.6. The van der Waals surface area contributed by atoms with Gasteiger partial charge in [0.05, 0.1) is 19.8 Å². The number of halogens is 1. The van der Waals surface area contributed by atoms with Gasteiger partial charge in [0, 0.05) is 8.07 Å². The van der Waals surface area contributed by atoms with Crippen LogP contribution in [0.25, 0.3) is 0 Å². The minimum Gasteiger partial charge on any atom is -0.493 e. The highest BCUT2D eigenvalue weighted by Gasteiger charge is 2.23. The van der Waals surface area contributed by atoms with Gasteiger partial charge in [-0.05, 0) is 29.3 Å². The van der Waals surface area contributed by atoms with E-state index >= 15 is 0 Å². The highest BCUT2D eigenvalue weighted by molar-refractivity contribution is 6.75. The number of benzene rings is 1. The number of hydrogen-bond acceptors (Lipinski definition) is 3. The Morgan fingerprint density at radius 3 is 2.22 bits per heavy atom. The molecule has 1 aromatic carbocycles. The van der Waals surface area contributed by atoms with Gasteiger partial charge in [0.1, 0.15) is 0 Å². The summed E-state index contributed by atoms with van der Waals surface area (Å²) in [6.07, 6.45) is 0. The Morgan fingerprint density at radius 2 is 1.83 bits per heavy atom. The molecule has 0 aliphatic heterocycles.